The van der Waals surface area contributed by atoms with Crippen LogP contribution < -0.4 is 0 Å². The summed E-state index contributed by atoms with van der Waals surface area (Å²) in [7, 11) is 0. The smallest absolute Gasteiger partial charge is 0.164 e. The van der Waals surface area contributed by atoms with Crippen LogP contribution in [-0.2, 0) is 0 Å². The van der Waals surface area contributed by atoms with E-state index in [-0.39, 0.29) is 0 Å². The number of hydrogen-bond acceptors (Lipinski definition) is 5. The third kappa shape index (κ3) is 4.67. The van der Waals surface area contributed by atoms with Gasteiger partial charge in [0.25, 0.3) is 0 Å². The molecule has 5 nitrogen and oxygen atoms in total. The Labute approximate surface area is 287 Å². The summed E-state index contributed by atoms with van der Waals surface area (Å²) in [6, 6.07) is 55.7. The molecular formula is C45H27N3O2. The zero-order chi connectivity index (χ0) is 33.0. The van der Waals surface area contributed by atoms with Crippen molar-refractivity contribution in [2.75, 3.05) is 0 Å². The average Bonchev–Trinajstić information content (AvgIpc) is 3.76. The van der Waals surface area contributed by atoms with Gasteiger partial charge in [-0.2, -0.15) is 0 Å². The van der Waals surface area contributed by atoms with E-state index in [1.54, 1.807) is 0 Å². The van der Waals surface area contributed by atoms with Crippen LogP contribution in [0.1, 0.15) is 0 Å². The van der Waals surface area contributed by atoms with Gasteiger partial charge in [-0.05, 0) is 47.0 Å². The Hall–Kier alpha value is -6.85. The van der Waals surface area contributed by atoms with Gasteiger partial charge >= 0.3 is 0 Å². The summed E-state index contributed by atoms with van der Waals surface area (Å²) in [5, 5.41) is 4.33. The molecular weight excluding hydrogens is 615 g/mol. The normalized spacial score (nSPS) is 11.6. The highest BCUT2D eigenvalue weighted by atomic mass is 16.3. The van der Waals surface area contributed by atoms with Gasteiger partial charge in [-0.1, -0.05) is 133 Å². The van der Waals surface area contributed by atoms with Crippen LogP contribution in [0.25, 0.3) is 100 Å². The molecule has 0 radical (unpaired) electrons. The Bertz CT molecular complexity index is 2810. The van der Waals surface area contributed by atoms with E-state index in [0.717, 1.165) is 82.8 Å². The number of furan rings is 2. The fourth-order valence-corrected chi connectivity index (χ4v) is 6.95. The minimum atomic E-state index is 0.599. The van der Waals surface area contributed by atoms with Crippen LogP contribution in [0, 0.1) is 0 Å². The first-order chi connectivity index (χ1) is 24.8. The number of rotatable bonds is 5. The third-order valence-electron chi connectivity index (χ3n) is 9.36. The maximum absolute atomic E-state index is 6.54. The summed E-state index contributed by atoms with van der Waals surface area (Å²) in [4.78, 5) is 15.0. The summed E-state index contributed by atoms with van der Waals surface area (Å²) in [6.45, 7) is 0. The van der Waals surface area contributed by atoms with Gasteiger partial charge in [0.1, 0.15) is 22.3 Å². The minimum Gasteiger partial charge on any atom is -0.456 e. The maximum Gasteiger partial charge on any atom is 0.164 e. The fourth-order valence-electron chi connectivity index (χ4n) is 6.95. The Morgan fingerprint density at radius 1 is 0.300 bits per heavy atom. The van der Waals surface area contributed by atoms with Crippen LogP contribution in [0.15, 0.2) is 173 Å². The van der Waals surface area contributed by atoms with E-state index in [1.165, 1.54) is 0 Å². The zero-order valence-corrected chi connectivity index (χ0v) is 26.7. The van der Waals surface area contributed by atoms with E-state index in [9.17, 15) is 0 Å². The first-order valence-corrected chi connectivity index (χ1v) is 16.6. The van der Waals surface area contributed by atoms with Crippen LogP contribution in [-0.4, -0.2) is 15.0 Å². The molecule has 234 valence electrons. The predicted molar refractivity (Wildman–Crippen MR) is 202 cm³/mol. The number of hydrogen-bond donors (Lipinski definition) is 0. The first kappa shape index (κ1) is 28.2. The summed E-state index contributed by atoms with van der Waals surface area (Å²) < 4.78 is 12.8. The lowest BCUT2D eigenvalue weighted by atomic mass is 9.91. The Kier molecular flexibility index (Phi) is 6.42. The molecule has 7 aromatic carbocycles. The molecule has 0 amide bonds. The highest BCUT2D eigenvalue weighted by molar-refractivity contribution is 6.11. The van der Waals surface area contributed by atoms with Crippen molar-refractivity contribution < 1.29 is 8.83 Å². The molecule has 0 spiro atoms. The highest BCUT2D eigenvalue weighted by Crippen LogP contribution is 2.42. The van der Waals surface area contributed by atoms with Gasteiger partial charge in [0.15, 0.2) is 17.5 Å². The molecule has 0 N–H and O–H groups in total. The summed E-state index contributed by atoms with van der Waals surface area (Å²) in [5.74, 6) is 1.85. The van der Waals surface area contributed by atoms with Crippen LogP contribution >= 0.6 is 0 Å². The lowest BCUT2D eigenvalue weighted by Gasteiger charge is -2.14. The molecule has 0 unspecified atom stereocenters. The van der Waals surface area contributed by atoms with Gasteiger partial charge in [0.2, 0.25) is 0 Å². The second kappa shape index (κ2) is 11.4. The van der Waals surface area contributed by atoms with Gasteiger partial charge in [0.05, 0.1) is 0 Å². The molecule has 0 saturated carbocycles. The van der Waals surface area contributed by atoms with Crippen LogP contribution in [0.3, 0.4) is 0 Å². The molecule has 0 bridgehead atoms. The monoisotopic (exact) mass is 641 g/mol. The topological polar surface area (TPSA) is 65.0 Å². The fraction of sp³-hybridized carbons (Fsp3) is 0. The van der Waals surface area contributed by atoms with Crippen molar-refractivity contribution in [3.05, 3.63) is 164 Å². The van der Waals surface area contributed by atoms with Crippen molar-refractivity contribution in [3.63, 3.8) is 0 Å². The van der Waals surface area contributed by atoms with E-state index < -0.39 is 0 Å². The molecule has 3 aromatic heterocycles. The van der Waals surface area contributed by atoms with Gasteiger partial charge in [0, 0.05) is 43.8 Å². The van der Waals surface area contributed by atoms with Gasteiger partial charge in [-0.25, -0.2) is 15.0 Å². The molecule has 0 fully saturated rings. The molecule has 0 aliphatic heterocycles. The highest BCUT2D eigenvalue weighted by Gasteiger charge is 2.19. The number of benzene rings is 7. The SMILES string of the molecule is c1ccc(-c2nc(-c3ccccc3)nc(-c3ccc(-c4cccc5c4oc4ccccc45)c(-c4ccc5oc6ccccc6c5c4)c3)n2)cc1. The Balaban J connectivity index is 1.23. The van der Waals surface area contributed by atoms with E-state index in [0.29, 0.717) is 17.5 Å². The van der Waals surface area contributed by atoms with Gasteiger partial charge in [-0.3, -0.25) is 0 Å². The standard InChI is InChI=1S/C45H27N3O2/c1-3-12-28(13-4-1)43-46-44(29-14-5-2-6-15-29)48-45(47-43)31-22-24-32(35-18-11-19-36-33-16-7-10-21-40(33)50-42(35)36)37(27-31)30-23-25-41-38(26-30)34-17-8-9-20-39(34)49-41/h1-27H. The van der Waals surface area contributed by atoms with Crippen molar-refractivity contribution in [3.8, 4) is 56.4 Å². The quantitative estimate of drug-likeness (QED) is 0.187. The molecule has 5 heteroatoms. The average molecular weight is 642 g/mol. The second-order valence-electron chi connectivity index (χ2n) is 12.4. The zero-order valence-electron chi connectivity index (χ0n) is 26.7. The van der Waals surface area contributed by atoms with Crippen LogP contribution in [0.5, 0.6) is 0 Å². The van der Waals surface area contributed by atoms with Crippen molar-refractivity contribution in [2.45, 2.75) is 0 Å². The summed E-state index contributed by atoms with van der Waals surface area (Å²) in [6.07, 6.45) is 0. The van der Waals surface area contributed by atoms with Crippen molar-refractivity contribution in [1.29, 1.82) is 0 Å². The van der Waals surface area contributed by atoms with Crippen LogP contribution in [0.4, 0.5) is 0 Å². The number of aromatic nitrogens is 3. The maximum atomic E-state index is 6.54. The van der Waals surface area contributed by atoms with E-state index in [4.69, 9.17) is 23.8 Å². The minimum absolute atomic E-state index is 0.599. The molecule has 3 heterocycles. The predicted octanol–water partition coefficient (Wildman–Crippen LogP) is 12.0. The molecule has 0 aliphatic carbocycles. The third-order valence-corrected chi connectivity index (χ3v) is 9.36. The summed E-state index contributed by atoms with van der Waals surface area (Å²) >= 11 is 0. The van der Waals surface area contributed by atoms with E-state index >= 15 is 0 Å². The molecule has 0 aliphatic rings. The first-order valence-electron chi connectivity index (χ1n) is 16.6. The van der Waals surface area contributed by atoms with Crippen molar-refractivity contribution >= 4 is 43.9 Å². The van der Waals surface area contributed by atoms with Crippen molar-refractivity contribution in [2.24, 2.45) is 0 Å². The number of nitrogens with zero attached hydrogens (tertiary/aromatic N) is 3. The molecule has 0 saturated heterocycles. The number of para-hydroxylation sites is 3. The van der Waals surface area contributed by atoms with E-state index in [1.807, 2.05) is 91.0 Å². The lowest BCUT2D eigenvalue weighted by Crippen LogP contribution is -2.00. The van der Waals surface area contributed by atoms with Crippen LogP contribution in [0.2, 0.25) is 0 Å². The molecule has 10 aromatic rings. The Morgan fingerprint density at radius 2 is 0.840 bits per heavy atom. The second-order valence-corrected chi connectivity index (χ2v) is 12.4. The largest absolute Gasteiger partial charge is 0.456 e. The molecule has 50 heavy (non-hydrogen) atoms. The number of fused-ring (bicyclic) bond motifs is 6. The molecule has 10 rings (SSSR count). The Morgan fingerprint density at radius 3 is 1.54 bits per heavy atom. The summed E-state index contributed by atoms with van der Waals surface area (Å²) in [5.41, 5.74) is 10.3. The van der Waals surface area contributed by atoms with Gasteiger partial charge in [-0.15, -0.1) is 0 Å². The lowest BCUT2D eigenvalue weighted by molar-refractivity contribution is 0.669. The van der Waals surface area contributed by atoms with E-state index in [2.05, 4.69) is 72.8 Å². The molecule has 0 atom stereocenters. The van der Waals surface area contributed by atoms with Gasteiger partial charge < -0.3 is 8.83 Å². The van der Waals surface area contributed by atoms with Crippen molar-refractivity contribution in [1.82, 2.24) is 15.0 Å².